The molecule has 0 bridgehead atoms. The summed E-state index contributed by atoms with van der Waals surface area (Å²) < 4.78 is 10.1. The Morgan fingerprint density at radius 1 is 0.658 bits per heavy atom. The van der Waals surface area contributed by atoms with E-state index in [9.17, 15) is 29.4 Å². The van der Waals surface area contributed by atoms with Crippen molar-refractivity contribution in [2.75, 3.05) is 13.1 Å². The first-order valence-electron chi connectivity index (χ1n) is 11.9. The van der Waals surface area contributed by atoms with Crippen molar-refractivity contribution in [3.63, 3.8) is 0 Å². The number of rotatable bonds is 6. The number of carboxylic acids is 2. The third kappa shape index (κ3) is 7.92. The van der Waals surface area contributed by atoms with Gasteiger partial charge in [-0.3, -0.25) is 9.80 Å². The molecule has 4 N–H and O–H groups in total. The lowest BCUT2D eigenvalue weighted by molar-refractivity contribution is -0.142. The maximum Gasteiger partial charge on any atom is 0.410 e. The Kier molecular flexibility index (Phi) is 10.0. The standard InChI is InChI=1S/2C13H15NO5/c2*15-10-6-11(12(16)17)14(7-10)13(18)19-8-9-4-2-1-3-5-9/h2*1-5,10-11,15H,6-8H2,(H,16,17)/t2*10-,11+/m10/s1. The lowest BCUT2D eigenvalue weighted by atomic mass is 10.2. The fraction of sp³-hybridized carbons (Fsp3) is 0.385. The van der Waals surface area contributed by atoms with Crippen molar-refractivity contribution in [1.29, 1.82) is 0 Å². The second-order valence-corrected chi connectivity index (χ2v) is 8.87. The molecule has 12 nitrogen and oxygen atoms in total. The summed E-state index contributed by atoms with van der Waals surface area (Å²) in [4.78, 5) is 47.7. The van der Waals surface area contributed by atoms with Crippen LogP contribution >= 0.6 is 0 Å². The number of carbonyl (C=O) groups is 4. The third-order valence-electron chi connectivity index (χ3n) is 6.01. The molecule has 2 aromatic carbocycles. The number of carboxylic acid groups (broad SMARTS) is 2. The molecule has 0 unspecified atom stereocenters. The van der Waals surface area contributed by atoms with Crippen molar-refractivity contribution in [2.24, 2.45) is 0 Å². The summed E-state index contributed by atoms with van der Waals surface area (Å²) in [6.07, 6.45) is -2.98. The summed E-state index contributed by atoms with van der Waals surface area (Å²) in [6.45, 7) is 0.145. The Morgan fingerprint density at radius 3 is 1.32 bits per heavy atom. The molecule has 2 aliphatic heterocycles. The number of β-amino-alcohol motifs (C(OH)–C–C–N with tert-alkyl or cyclic N) is 2. The van der Waals surface area contributed by atoms with Gasteiger partial charge in [-0.15, -0.1) is 0 Å². The number of ether oxygens (including phenoxy) is 2. The Morgan fingerprint density at radius 2 is 1.00 bits per heavy atom. The number of aliphatic hydroxyl groups excluding tert-OH is 2. The molecule has 12 heteroatoms. The Bertz CT molecular complexity index is 1010. The lowest BCUT2D eigenvalue weighted by Gasteiger charge is -2.20. The molecule has 0 spiro atoms. The van der Waals surface area contributed by atoms with Gasteiger partial charge < -0.3 is 29.9 Å². The van der Waals surface area contributed by atoms with Crippen LogP contribution in [0.15, 0.2) is 60.7 Å². The van der Waals surface area contributed by atoms with Crippen LogP contribution in [0.4, 0.5) is 9.59 Å². The van der Waals surface area contributed by atoms with Crippen molar-refractivity contribution < 1.29 is 49.1 Å². The zero-order chi connectivity index (χ0) is 27.7. The normalized spacial score (nSPS) is 22.3. The van der Waals surface area contributed by atoms with Gasteiger partial charge in [-0.25, -0.2) is 19.2 Å². The highest BCUT2D eigenvalue weighted by Crippen LogP contribution is 2.20. The predicted molar refractivity (Wildman–Crippen MR) is 131 cm³/mol. The van der Waals surface area contributed by atoms with Gasteiger partial charge in [-0.2, -0.15) is 0 Å². The van der Waals surface area contributed by atoms with Crippen molar-refractivity contribution in [2.45, 2.75) is 50.3 Å². The van der Waals surface area contributed by atoms with Gasteiger partial charge in [0.15, 0.2) is 0 Å². The lowest BCUT2D eigenvalue weighted by Crippen LogP contribution is -2.40. The smallest absolute Gasteiger partial charge is 0.410 e. The first kappa shape index (κ1) is 28.4. The van der Waals surface area contributed by atoms with Crippen LogP contribution in [0.1, 0.15) is 24.0 Å². The van der Waals surface area contributed by atoms with E-state index in [2.05, 4.69) is 0 Å². The minimum absolute atomic E-state index is 0.00934. The molecule has 38 heavy (non-hydrogen) atoms. The van der Waals surface area contributed by atoms with Crippen LogP contribution in [0.5, 0.6) is 0 Å². The molecule has 0 aliphatic carbocycles. The first-order valence-corrected chi connectivity index (χ1v) is 11.9. The molecule has 0 radical (unpaired) electrons. The van der Waals surface area contributed by atoms with Crippen LogP contribution in [0.3, 0.4) is 0 Å². The molecule has 0 aromatic heterocycles. The quantitative estimate of drug-likeness (QED) is 0.430. The predicted octanol–water partition coefficient (Wildman–Crippen LogP) is 1.69. The van der Waals surface area contributed by atoms with Crippen molar-refractivity contribution in [3.8, 4) is 0 Å². The number of aliphatic carboxylic acids is 2. The highest BCUT2D eigenvalue weighted by molar-refractivity contribution is 5.81. The molecule has 2 aromatic rings. The second kappa shape index (κ2) is 13.4. The van der Waals surface area contributed by atoms with Gasteiger partial charge in [0.2, 0.25) is 0 Å². The summed E-state index contributed by atoms with van der Waals surface area (Å²) in [5, 5.41) is 36.8. The van der Waals surface area contributed by atoms with Crippen molar-refractivity contribution in [3.05, 3.63) is 71.8 Å². The van der Waals surface area contributed by atoms with E-state index in [1.807, 2.05) is 36.4 Å². The monoisotopic (exact) mass is 530 g/mol. The Labute approximate surface area is 218 Å². The maximum atomic E-state index is 11.8. The van der Waals surface area contributed by atoms with E-state index >= 15 is 0 Å². The van der Waals surface area contributed by atoms with Gasteiger partial charge in [0.1, 0.15) is 25.3 Å². The first-order chi connectivity index (χ1) is 18.2. The molecule has 204 valence electrons. The van der Waals surface area contributed by atoms with E-state index in [0.29, 0.717) is 0 Å². The number of carbonyl (C=O) groups excluding carboxylic acids is 2. The zero-order valence-electron chi connectivity index (χ0n) is 20.5. The number of aliphatic hydroxyl groups is 2. The SMILES string of the molecule is O=C(O)[C@@H]1C[C@@H](O)CN1C(=O)OCc1ccccc1.O=C(O)[C@H]1C[C@H](O)CN1C(=O)OCc1ccccc1. The average Bonchev–Trinajstić information content (AvgIpc) is 3.50. The number of amides is 2. The molecule has 0 saturated carbocycles. The van der Waals surface area contributed by atoms with Crippen LogP contribution < -0.4 is 0 Å². The molecule has 2 saturated heterocycles. The largest absolute Gasteiger partial charge is 0.480 e. The van der Waals surface area contributed by atoms with Gasteiger partial charge >= 0.3 is 24.1 Å². The highest BCUT2D eigenvalue weighted by Gasteiger charge is 2.40. The van der Waals surface area contributed by atoms with Gasteiger partial charge in [-0.1, -0.05) is 60.7 Å². The van der Waals surface area contributed by atoms with E-state index in [0.717, 1.165) is 20.9 Å². The highest BCUT2D eigenvalue weighted by atomic mass is 16.6. The number of hydrogen-bond donors (Lipinski definition) is 4. The number of likely N-dealkylation sites (tertiary alicyclic amines) is 2. The molecule has 4 rings (SSSR count). The van der Waals surface area contributed by atoms with Crippen molar-refractivity contribution in [1.82, 2.24) is 9.80 Å². The minimum Gasteiger partial charge on any atom is -0.480 e. The number of benzene rings is 2. The summed E-state index contributed by atoms with van der Waals surface area (Å²) in [7, 11) is 0. The molecule has 4 atom stereocenters. The molecule has 2 fully saturated rings. The van der Waals surface area contributed by atoms with E-state index < -0.39 is 48.4 Å². The average molecular weight is 531 g/mol. The fourth-order valence-electron chi connectivity index (χ4n) is 4.10. The third-order valence-corrected chi connectivity index (χ3v) is 6.01. The molecular weight excluding hydrogens is 500 g/mol. The van der Waals surface area contributed by atoms with Crippen LogP contribution in [0, 0.1) is 0 Å². The molecule has 2 aliphatic rings. The summed E-state index contributed by atoms with van der Waals surface area (Å²) in [6, 6.07) is 16.2. The van der Waals surface area contributed by atoms with Crippen LogP contribution in [-0.4, -0.2) is 91.7 Å². The van der Waals surface area contributed by atoms with E-state index in [4.69, 9.17) is 19.7 Å². The maximum absolute atomic E-state index is 11.8. The zero-order valence-corrected chi connectivity index (χ0v) is 20.5. The number of hydrogen-bond acceptors (Lipinski definition) is 8. The van der Waals surface area contributed by atoms with Crippen LogP contribution in [0.25, 0.3) is 0 Å². The van der Waals surface area contributed by atoms with Crippen molar-refractivity contribution >= 4 is 24.1 Å². The van der Waals surface area contributed by atoms with Gasteiger partial charge in [0.25, 0.3) is 0 Å². The summed E-state index contributed by atoms with van der Waals surface area (Å²) >= 11 is 0. The van der Waals surface area contributed by atoms with Gasteiger partial charge in [0, 0.05) is 12.8 Å². The minimum atomic E-state index is -1.13. The summed E-state index contributed by atoms with van der Waals surface area (Å²) in [5.74, 6) is -2.26. The molecular formula is C26H30N2O10. The van der Waals surface area contributed by atoms with Crippen LogP contribution in [-0.2, 0) is 32.3 Å². The van der Waals surface area contributed by atoms with E-state index in [1.165, 1.54) is 0 Å². The second-order valence-electron chi connectivity index (χ2n) is 8.87. The molecule has 2 heterocycles. The van der Waals surface area contributed by atoms with Gasteiger partial charge in [-0.05, 0) is 11.1 Å². The van der Waals surface area contributed by atoms with E-state index in [1.54, 1.807) is 24.3 Å². The fourth-order valence-corrected chi connectivity index (χ4v) is 4.10. The topological polar surface area (TPSA) is 174 Å². The Hall–Kier alpha value is -4.16. The summed E-state index contributed by atoms with van der Waals surface area (Å²) in [5.41, 5.74) is 1.64. The van der Waals surface area contributed by atoms with Crippen LogP contribution in [0.2, 0.25) is 0 Å². The Balaban J connectivity index is 0.000000211. The van der Waals surface area contributed by atoms with E-state index in [-0.39, 0.29) is 39.1 Å². The van der Waals surface area contributed by atoms with Gasteiger partial charge in [0.05, 0.1) is 25.3 Å². The molecule has 2 amide bonds. The number of nitrogens with zero attached hydrogens (tertiary/aromatic N) is 2.